The molecule has 2 aromatic heterocycles. The Morgan fingerprint density at radius 3 is 2.91 bits per heavy atom. The second kappa shape index (κ2) is 5.76. The molecule has 2 fully saturated rings. The molecule has 0 spiro atoms. The molecule has 5 nitrogen and oxygen atoms in total. The number of hydrogen-bond donors (Lipinski definition) is 0. The molecule has 2 aliphatic rings. The van der Waals surface area contributed by atoms with Crippen molar-refractivity contribution in [2.45, 2.75) is 57.9 Å². The molecule has 0 N–H and O–H groups in total. The third kappa shape index (κ3) is 2.71. The normalized spacial score (nSPS) is 28.9. The van der Waals surface area contributed by atoms with Crippen LogP contribution in [0.15, 0.2) is 16.7 Å². The molecule has 0 aliphatic carbocycles. The fourth-order valence-electron chi connectivity index (χ4n) is 3.61. The van der Waals surface area contributed by atoms with Crippen LogP contribution in [0.3, 0.4) is 0 Å². The van der Waals surface area contributed by atoms with Crippen molar-refractivity contribution in [3.63, 3.8) is 0 Å². The van der Waals surface area contributed by atoms with Gasteiger partial charge in [0.2, 0.25) is 0 Å². The van der Waals surface area contributed by atoms with Crippen LogP contribution in [0.4, 0.5) is 0 Å². The molecule has 0 radical (unpaired) electrons. The van der Waals surface area contributed by atoms with Crippen molar-refractivity contribution in [3.8, 4) is 0 Å². The Hall–Kier alpha value is -1.24. The molecule has 0 bridgehead atoms. The Bertz CT molecular complexity index is 653. The van der Waals surface area contributed by atoms with Gasteiger partial charge in [0.25, 0.3) is 5.89 Å². The smallest absolute Gasteiger partial charge is 0.255 e. The van der Waals surface area contributed by atoms with E-state index in [-0.39, 0.29) is 6.10 Å². The average Bonchev–Trinajstić information content (AvgIpc) is 3.21. The summed E-state index contributed by atoms with van der Waals surface area (Å²) in [4.78, 5) is 9.74. The van der Waals surface area contributed by atoms with Crippen LogP contribution in [0.2, 0.25) is 0 Å². The second-order valence-electron chi connectivity index (χ2n) is 6.26. The first-order valence-corrected chi connectivity index (χ1v) is 8.76. The molecule has 0 amide bonds. The zero-order valence-corrected chi connectivity index (χ0v) is 13.8. The molecule has 2 aromatic rings. The van der Waals surface area contributed by atoms with Gasteiger partial charge in [-0.1, -0.05) is 5.16 Å². The number of fused-ring (bicyclic) bond motifs is 1. The van der Waals surface area contributed by atoms with E-state index in [1.54, 1.807) is 0 Å². The summed E-state index contributed by atoms with van der Waals surface area (Å²) in [5.41, 5.74) is 0. The van der Waals surface area contributed by atoms with Crippen LogP contribution in [-0.4, -0.2) is 33.7 Å². The highest BCUT2D eigenvalue weighted by molar-refractivity contribution is 7.11. The third-order valence-corrected chi connectivity index (χ3v) is 5.62. The van der Waals surface area contributed by atoms with Gasteiger partial charge in [-0.05, 0) is 45.2 Å². The molecular formula is C16H21N3O2S. The zero-order valence-electron chi connectivity index (χ0n) is 13.0. The second-order valence-corrected chi connectivity index (χ2v) is 7.63. The highest BCUT2D eigenvalue weighted by atomic mass is 32.1. The van der Waals surface area contributed by atoms with E-state index in [0.717, 1.165) is 32.4 Å². The van der Waals surface area contributed by atoms with E-state index in [0.29, 0.717) is 23.9 Å². The molecule has 4 rings (SSSR count). The maximum absolute atomic E-state index is 6.25. The van der Waals surface area contributed by atoms with Crippen molar-refractivity contribution in [2.75, 3.05) is 6.54 Å². The molecule has 118 valence electrons. The standard InChI is InChI=1S/C16H21N3O2S/c1-10-3-4-12(22-10)9-19-8-7-14-13(19)5-6-15(20-14)16-17-11(2)18-21-16/h3-4,13-15H,5-9H2,1-2H3/t13-,14-,15-/m1/s1. The van der Waals surface area contributed by atoms with Crippen LogP contribution in [0.5, 0.6) is 0 Å². The van der Waals surface area contributed by atoms with Gasteiger partial charge >= 0.3 is 0 Å². The topological polar surface area (TPSA) is 51.4 Å². The molecule has 3 atom stereocenters. The zero-order chi connectivity index (χ0) is 15.1. The summed E-state index contributed by atoms with van der Waals surface area (Å²) in [6.45, 7) is 6.18. The Morgan fingerprint density at radius 1 is 1.27 bits per heavy atom. The lowest BCUT2D eigenvalue weighted by Gasteiger charge is -2.34. The van der Waals surface area contributed by atoms with E-state index in [2.05, 4.69) is 34.1 Å². The van der Waals surface area contributed by atoms with Crippen LogP contribution in [-0.2, 0) is 11.3 Å². The molecule has 0 unspecified atom stereocenters. The highest BCUT2D eigenvalue weighted by Gasteiger charge is 2.41. The summed E-state index contributed by atoms with van der Waals surface area (Å²) in [5, 5.41) is 3.88. The van der Waals surface area contributed by atoms with E-state index in [4.69, 9.17) is 9.26 Å². The minimum Gasteiger partial charge on any atom is -0.363 e. The van der Waals surface area contributed by atoms with Gasteiger partial charge in [0, 0.05) is 28.9 Å². The van der Waals surface area contributed by atoms with Crippen LogP contribution in [0.1, 0.15) is 46.8 Å². The lowest BCUT2D eigenvalue weighted by atomic mass is 9.99. The van der Waals surface area contributed by atoms with Gasteiger partial charge in [-0.3, -0.25) is 4.90 Å². The van der Waals surface area contributed by atoms with Gasteiger partial charge < -0.3 is 9.26 Å². The maximum atomic E-state index is 6.25. The lowest BCUT2D eigenvalue weighted by Crippen LogP contribution is -2.40. The van der Waals surface area contributed by atoms with Gasteiger partial charge in [-0.25, -0.2) is 0 Å². The monoisotopic (exact) mass is 319 g/mol. The summed E-state index contributed by atoms with van der Waals surface area (Å²) in [6.07, 6.45) is 3.47. The summed E-state index contributed by atoms with van der Waals surface area (Å²) in [5.74, 6) is 1.32. The number of aromatic nitrogens is 2. The quantitative estimate of drug-likeness (QED) is 0.869. The Balaban J connectivity index is 1.41. The molecule has 0 saturated carbocycles. The van der Waals surface area contributed by atoms with Gasteiger partial charge in [0.1, 0.15) is 6.10 Å². The maximum Gasteiger partial charge on any atom is 0.255 e. The van der Waals surface area contributed by atoms with Crippen molar-refractivity contribution >= 4 is 11.3 Å². The lowest BCUT2D eigenvalue weighted by molar-refractivity contribution is -0.0831. The summed E-state index contributed by atoms with van der Waals surface area (Å²) in [7, 11) is 0. The van der Waals surface area contributed by atoms with E-state index < -0.39 is 0 Å². The molecule has 0 aromatic carbocycles. The first-order valence-electron chi connectivity index (χ1n) is 7.94. The number of thiophene rings is 1. The fraction of sp³-hybridized carbons (Fsp3) is 0.625. The summed E-state index contributed by atoms with van der Waals surface area (Å²) >= 11 is 1.90. The number of rotatable bonds is 3. The Kier molecular flexibility index (Phi) is 3.76. The third-order valence-electron chi connectivity index (χ3n) is 4.64. The predicted octanol–water partition coefficient (Wildman–Crippen LogP) is 3.24. The van der Waals surface area contributed by atoms with Crippen LogP contribution in [0, 0.1) is 13.8 Å². The van der Waals surface area contributed by atoms with Crippen LogP contribution in [0.25, 0.3) is 0 Å². The summed E-state index contributed by atoms with van der Waals surface area (Å²) < 4.78 is 11.5. The van der Waals surface area contributed by atoms with Crippen LogP contribution >= 0.6 is 11.3 Å². The number of likely N-dealkylation sites (tertiary alicyclic amines) is 1. The van der Waals surface area contributed by atoms with Crippen molar-refractivity contribution in [2.24, 2.45) is 0 Å². The van der Waals surface area contributed by atoms with Gasteiger partial charge in [0.15, 0.2) is 5.82 Å². The van der Waals surface area contributed by atoms with Crippen molar-refractivity contribution < 1.29 is 9.26 Å². The van der Waals surface area contributed by atoms with Gasteiger partial charge in [-0.2, -0.15) is 4.98 Å². The Labute approximate surface area is 134 Å². The molecule has 2 saturated heterocycles. The first-order chi connectivity index (χ1) is 10.7. The SMILES string of the molecule is Cc1noc([C@H]2CC[C@@H]3[C@@H](CCN3Cc3ccc(C)s3)O2)n1. The Morgan fingerprint density at radius 2 is 2.18 bits per heavy atom. The summed E-state index contributed by atoms with van der Waals surface area (Å²) in [6, 6.07) is 4.99. The van der Waals surface area contributed by atoms with E-state index in [1.165, 1.54) is 9.75 Å². The molecule has 22 heavy (non-hydrogen) atoms. The number of hydrogen-bond acceptors (Lipinski definition) is 6. The molecule has 6 heteroatoms. The van der Waals surface area contributed by atoms with E-state index >= 15 is 0 Å². The first kappa shape index (κ1) is 14.4. The van der Waals surface area contributed by atoms with Crippen molar-refractivity contribution in [1.82, 2.24) is 15.0 Å². The molecule has 4 heterocycles. The van der Waals surface area contributed by atoms with E-state index in [9.17, 15) is 0 Å². The molecule has 2 aliphatic heterocycles. The van der Waals surface area contributed by atoms with Gasteiger partial charge in [0.05, 0.1) is 6.10 Å². The van der Waals surface area contributed by atoms with Gasteiger partial charge in [-0.15, -0.1) is 11.3 Å². The number of nitrogens with zero attached hydrogens (tertiary/aromatic N) is 3. The van der Waals surface area contributed by atoms with Crippen molar-refractivity contribution in [3.05, 3.63) is 33.6 Å². The highest BCUT2D eigenvalue weighted by Crippen LogP contribution is 2.38. The fourth-order valence-corrected chi connectivity index (χ4v) is 4.52. The molecular weight excluding hydrogens is 298 g/mol. The predicted molar refractivity (Wildman–Crippen MR) is 83.8 cm³/mol. The van der Waals surface area contributed by atoms with Crippen LogP contribution < -0.4 is 0 Å². The minimum absolute atomic E-state index is 0.0219. The average molecular weight is 319 g/mol. The number of aryl methyl sites for hydroxylation is 2. The number of ether oxygens (including phenoxy) is 1. The van der Waals surface area contributed by atoms with Crippen molar-refractivity contribution in [1.29, 1.82) is 0 Å². The minimum atomic E-state index is -0.0219. The largest absolute Gasteiger partial charge is 0.363 e. The van der Waals surface area contributed by atoms with E-state index in [1.807, 2.05) is 18.3 Å².